The molecule has 0 fully saturated rings. The highest BCUT2D eigenvalue weighted by atomic mass is 16.6. The molecule has 0 bridgehead atoms. The molecule has 0 spiro atoms. The van der Waals surface area contributed by atoms with Crippen LogP contribution in [-0.2, 0) is 0 Å². The van der Waals surface area contributed by atoms with Gasteiger partial charge in [0, 0.05) is 12.2 Å². The summed E-state index contributed by atoms with van der Waals surface area (Å²) in [6.07, 6.45) is 5.51. The maximum absolute atomic E-state index is 11.5. The van der Waals surface area contributed by atoms with Crippen LogP contribution in [0.15, 0.2) is 73.1 Å². The van der Waals surface area contributed by atoms with Crippen molar-refractivity contribution in [1.29, 1.82) is 0 Å². The zero-order valence-electron chi connectivity index (χ0n) is 10.8. The standard InChI is InChI=1S/C16H14N2O2/c19-17(13-11-15-7-3-1-4-8-15)18(20)14-12-16-9-5-2-6-10-16/h1-14H/b13-11+,14-12+,18-17-. The Bertz CT molecular complexity index is 575. The zero-order valence-corrected chi connectivity index (χ0v) is 10.8. The second-order valence-electron chi connectivity index (χ2n) is 4.06. The number of benzene rings is 2. The van der Waals surface area contributed by atoms with Crippen LogP contribution in [0, 0.1) is 10.4 Å². The molecule has 0 aliphatic carbocycles. The van der Waals surface area contributed by atoms with Crippen LogP contribution >= 0.6 is 0 Å². The lowest BCUT2D eigenvalue weighted by Crippen LogP contribution is -2.05. The number of hydrogen-bond donors (Lipinski definition) is 0. The Labute approximate surface area is 117 Å². The normalized spacial score (nSPS) is 12.8. The average Bonchev–Trinajstić information content (AvgIpc) is 2.52. The van der Waals surface area contributed by atoms with Crippen LogP contribution in [0.2, 0.25) is 0 Å². The van der Waals surface area contributed by atoms with E-state index in [-0.39, 0.29) is 9.72 Å². The van der Waals surface area contributed by atoms with Gasteiger partial charge in [0.25, 0.3) is 12.4 Å². The molecule has 0 N–H and O–H groups in total. The van der Waals surface area contributed by atoms with E-state index in [2.05, 4.69) is 0 Å². The van der Waals surface area contributed by atoms with Crippen LogP contribution < -0.4 is 0 Å². The Morgan fingerprint density at radius 1 is 0.600 bits per heavy atom. The molecule has 2 rings (SSSR count). The third-order valence-corrected chi connectivity index (χ3v) is 2.58. The van der Waals surface area contributed by atoms with Gasteiger partial charge in [-0.25, -0.2) is 0 Å². The van der Waals surface area contributed by atoms with E-state index in [9.17, 15) is 10.4 Å². The third kappa shape index (κ3) is 4.10. The molecule has 0 unspecified atom stereocenters. The Balaban J connectivity index is 2.08. The second-order valence-corrected chi connectivity index (χ2v) is 4.06. The largest absolute Gasteiger partial charge is 0.561 e. The van der Waals surface area contributed by atoms with Gasteiger partial charge in [0.05, 0.1) is 9.72 Å². The lowest BCUT2D eigenvalue weighted by Gasteiger charge is -1.95. The van der Waals surface area contributed by atoms with Crippen molar-refractivity contribution in [2.45, 2.75) is 0 Å². The summed E-state index contributed by atoms with van der Waals surface area (Å²) in [5.74, 6) is 0. The molecule has 0 amide bonds. The van der Waals surface area contributed by atoms with E-state index in [0.29, 0.717) is 0 Å². The molecule has 0 saturated heterocycles. The highest BCUT2D eigenvalue weighted by Gasteiger charge is 1.98. The molecule has 4 heteroatoms. The number of hydrogen-bond acceptors (Lipinski definition) is 2. The van der Waals surface area contributed by atoms with E-state index in [0.717, 1.165) is 11.1 Å². The molecule has 2 aromatic rings. The molecule has 20 heavy (non-hydrogen) atoms. The lowest BCUT2D eigenvalue weighted by molar-refractivity contribution is -0.911. The van der Waals surface area contributed by atoms with Gasteiger partial charge in [-0.3, -0.25) is 0 Å². The first-order chi connectivity index (χ1) is 9.75. The molecule has 0 aliphatic heterocycles. The summed E-state index contributed by atoms with van der Waals surface area (Å²) < 4.78 is 0. The van der Waals surface area contributed by atoms with E-state index >= 15 is 0 Å². The van der Waals surface area contributed by atoms with Gasteiger partial charge in [0.1, 0.15) is 0 Å². The third-order valence-electron chi connectivity index (χ3n) is 2.58. The Morgan fingerprint density at radius 3 is 1.30 bits per heavy atom. The molecular weight excluding hydrogens is 252 g/mol. The minimum absolute atomic E-state index is 0.229. The van der Waals surface area contributed by atoms with E-state index in [1.54, 1.807) is 12.2 Å². The van der Waals surface area contributed by atoms with Gasteiger partial charge in [-0.2, -0.15) is 0 Å². The lowest BCUT2D eigenvalue weighted by atomic mass is 10.2. The van der Waals surface area contributed by atoms with Crippen LogP contribution in [0.5, 0.6) is 0 Å². The fourth-order valence-electron chi connectivity index (χ4n) is 1.56. The fraction of sp³-hybridized carbons (Fsp3) is 0. The smallest absolute Gasteiger partial charge is 0.253 e. The van der Waals surface area contributed by atoms with Crippen molar-refractivity contribution >= 4 is 12.2 Å². The summed E-state index contributed by atoms with van der Waals surface area (Å²) >= 11 is 0. The van der Waals surface area contributed by atoms with Crippen molar-refractivity contribution in [3.63, 3.8) is 0 Å². The minimum Gasteiger partial charge on any atom is -0.561 e. The van der Waals surface area contributed by atoms with Gasteiger partial charge < -0.3 is 10.4 Å². The first-order valence-corrected chi connectivity index (χ1v) is 6.15. The van der Waals surface area contributed by atoms with Crippen LogP contribution in [0.1, 0.15) is 11.1 Å². The van der Waals surface area contributed by atoms with Gasteiger partial charge in [-0.1, -0.05) is 60.7 Å². The summed E-state index contributed by atoms with van der Waals surface area (Å²) in [4.78, 5) is 0.457. The zero-order chi connectivity index (χ0) is 14.2. The molecule has 0 atom stereocenters. The molecule has 0 aliphatic rings. The molecule has 100 valence electrons. The highest BCUT2D eigenvalue weighted by molar-refractivity contribution is 5.47. The topological polar surface area (TPSA) is 52.1 Å². The molecule has 0 aromatic heterocycles. The van der Waals surface area contributed by atoms with Crippen LogP contribution in [-0.4, -0.2) is 9.72 Å². The van der Waals surface area contributed by atoms with Gasteiger partial charge in [-0.05, 0) is 11.1 Å². The Kier molecular flexibility index (Phi) is 4.67. The van der Waals surface area contributed by atoms with E-state index in [4.69, 9.17) is 0 Å². The molecular formula is C16H14N2O2. The van der Waals surface area contributed by atoms with Gasteiger partial charge in [-0.15, -0.1) is 0 Å². The number of nitrogens with zero attached hydrogens (tertiary/aromatic N) is 2. The number of hydroxylamine groups is 2. The van der Waals surface area contributed by atoms with Gasteiger partial charge in [0.2, 0.25) is 0 Å². The minimum atomic E-state index is 0.229. The first kappa shape index (κ1) is 13.5. The van der Waals surface area contributed by atoms with E-state index in [1.807, 2.05) is 60.7 Å². The van der Waals surface area contributed by atoms with Crippen LogP contribution in [0.4, 0.5) is 0 Å². The Morgan fingerprint density at radius 2 is 0.950 bits per heavy atom. The summed E-state index contributed by atoms with van der Waals surface area (Å²) in [7, 11) is 0. The molecule has 2 aromatic carbocycles. The number of azo groups is 1. The molecule has 0 radical (unpaired) electrons. The SMILES string of the molecule is [O-][N+](/C=C/c1ccccc1)=[N+]([O-])/C=C/c1ccccc1. The maximum atomic E-state index is 11.5. The monoisotopic (exact) mass is 266 g/mol. The van der Waals surface area contributed by atoms with Crippen LogP contribution in [0.25, 0.3) is 12.2 Å². The highest BCUT2D eigenvalue weighted by Crippen LogP contribution is 2.02. The number of rotatable bonds is 4. The van der Waals surface area contributed by atoms with E-state index < -0.39 is 0 Å². The van der Waals surface area contributed by atoms with Crippen molar-refractivity contribution in [3.05, 3.63) is 94.6 Å². The summed E-state index contributed by atoms with van der Waals surface area (Å²) in [5.41, 5.74) is 1.71. The molecule has 0 heterocycles. The van der Waals surface area contributed by atoms with Crippen molar-refractivity contribution in [2.24, 2.45) is 0 Å². The van der Waals surface area contributed by atoms with Crippen molar-refractivity contribution in [2.75, 3.05) is 0 Å². The summed E-state index contributed by atoms with van der Waals surface area (Å²) in [6, 6.07) is 18.6. The summed E-state index contributed by atoms with van der Waals surface area (Å²) in [5, 5.41) is 23.1. The quantitative estimate of drug-likeness (QED) is 0.480. The first-order valence-electron chi connectivity index (χ1n) is 6.15. The molecule has 0 saturated carbocycles. The van der Waals surface area contributed by atoms with Crippen LogP contribution in [0.3, 0.4) is 0 Å². The predicted molar refractivity (Wildman–Crippen MR) is 78.2 cm³/mol. The van der Waals surface area contributed by atoms with Crippen molar-refractivity contribution < 1.29 is 9.72 Å². The maximum Gasteiger partial charge on any atom is 0.253 e. The Hall–Kier alpha value is -2.88. The van der Waals surface area contributed by atoms with Crippen molar-refractivity contribution in [1.82, 2.24) is 0 Å². The summed E-state index contributed by atoms with van der Waals surface area (Å²) in [6.45, 7) is 0. The fourth-order valence-corrected chi connectivity index (χ4v) is 1.56. The van der Waals surface area contributed by atoms with Gasteiger partial charge >= 0.3 is 0 Å². The second kappa shape index (κ2) is 6.89. The predicted octanol–water partition coefficient (Wildman–Crippen LogP) is 3.80. The van der Waals surface area contributed by atoms with Gasteiger partial charge in [0.15, 0.2) is 0 Å². The molecule has 4 nitrogen and oxygen atoms in total. The average molecular weight is 266 g/mol. The van der Waals surface area contributed by atoms with Crippen molar-refractivity contribution in [3.8, 4) is 0 Å². The van der Waals surface area contributed by atoms with E-state index in [1.165, 1.54) is 12.4 Å².